The molecular weight excluding hydrogens is 190 g/mol. The van der Waals surface area contributed by atoms with Gasteiger partial charge in [-0.25, -0.2) is 0 Å². The molecule has 0 saturated heterocycles. The predicted octanol–water partition coefficient (Wildman–Crippen LogP) is 3.42. The lowest BCUT2D eigenvalue weighted by Crippen LogP contribution is -2.00. The molecule has 0 aliphatic rings. The molecule has 0 fully saturated rings. The first-order valence-corrected chi connectivity index (χ1v) is 5.37. The van der Waals surface area contributed by atoms with Gasteiger partial charge >= 0.3 is 0 Å². The van der Waals surface area contributed by atoms with Crippen LogP contribution in [0, 0.1) is 17.0 Å². The summed E-state index contributed by atoms with van der Waals surface area (Å²) in [6.45, 7) is 6.03. The van der Waals surface area contributed by atoms with Crippen molar-refractivity contribution in [1.82, 2.24) is 0 Å². The number of rotatable bonds is 4. The van der Waals surface area contributed by atoms with E-state index in [0.29, 0.717) is 0 Å². The van der Waals surface area contributed by atoms with Gasteiger partial charge in [0.1, 0.15) is 0 Å². The van der Waals surface area contributed by atoms with E-state index < -0.39 is 0 Å². The first-order valence-electron chi connectivity index (χ1n) is 5.37. The van der Waals surface area contributed by atoms with E-state index in [1.165, 1.54) is 5.56 Å². The Balaban J connectivity index is 3.28. The normalized spacial score (nSPS) is 10.3. The van der Waals surface area contributed by atoms with Gasteiger partial charge in [0.2, 0.25) is 0 Å². The Morgan fingerprint density at radius 1 is 1.33 bits per heavy atom. The molecule has 0 bridgehead atoms. The van der Waals surface area contributed by atoms with Crippen LogP contribution < -0.4 is 0 Å². The molecule has 3 nitrogen and oxygen atoms in total. The summed E-state index contributed by atoms with van der Waals surface area (Å²) in [6, 6.07) is 3.50. The third kappa shape index (κ3) is 2.35. The van der Waals surface area contributed by atoms with Gasteiger partial charge in [0, 0.05) is 11.6 Å². The van der Waals surface area contributed by atoms with E-state index in [1.807, 2.05) is 13.0 Å². The molecular formula is C12H17NO2. The number of aryl methyl sites for hydroxylation is 1. The van der Waals surface area contributed by atoms with Crippen molar-refractivity contribution >= 4 is 5.69 Å². The van der Waals surface area contributed by atoms with Gasteiger partial charge in [0.25, 0.3) is 5.69 Å². The van der Waals surface area contributed by atoms with Crippen LogP contribution in [0.3, 0.4) is 0 Å². The van der Waals surface area contributed by atoms with Crippen molar-refractivity contribution < 1.29 is 4.92 Å². The summed E-state index contributed by atoms with van der Waals surface area (Å²) in [5.74, 6) is 0. The van der Waals surface area contributed by atoms with Crippen LogP contribution in [-0.4, -0.2) is 4.92 Å². The predicted molar refractivity (Wildman–Crippen MR) is 61.2 cm³/mol. The molecule has 1 aromatic rings. The second-order valence-corrected chi connectivity index (χ2v) is 3.71. The lowest BCUT2D eigenvalue weighted by molar-refractivity contribution is -0.385. The smallest absolute Gasteiger partial charge is 0.258 e. The Morgan fingerprint density at radius 2 is 2.00 bits per heavy atom. The number of hydrogen-bond donors (Lipinski definition) is 0. The minimum Gasteiger partial charge on any atom is -0.258 e. The molecule has 15 heavy (non-hydrogen) atoms. The summed E-state index contributed by atoms with van der Waals surface area (Å²) >= 11 is 0. The average molecular weight is 207 g/mol. The minimum absolute atomic E-state index is 0.246. The maximum absolute atomic E-state index is 10.8. The van der Waals surface area contributed by atoms with Crippen LogP contribution in [0.2, 0.25) is 0 Å². The summed E-state index contributed by atoms with van der Waals surface area (Å²) in [4.78, 5) is 10.5. The largest absolute Gasteiger partial charge is 0.272 e. The van der Waals surface area contributed by atoms with E-state index >= 15 is 0 Å². The molecule has 1 rings (SSSR count). The van der Waals surface area contributed by atoms with E-state index in [9.17, 15) is 10.1 Å². The molecule has 0 saturated carbocycles. The van der Waals surface area contributed by atoms with Gasteiger partial charge in [-0.2, -0.15) is 0 Å². The molecule has 0 amide bonds. The van der Waals surface area contributed by atoms with E-state index in [1.54, 1.807) is 6.07 Å². The average Bonchev–Trinajstić information content (AvgIpc) is 2.20. The van der Waals surface area contributed by atoms with Gasteiger partial charge in [-0.15, -0.1) is 0 Å². The lowest BCUT2D eigenvalue weighted by Gasteiger charge is -2.10. The minimum atomic E-state index is -0.298. The molecule has 0 atom stereocenters. The van der Waals surface area contributed by atoms with Crippen molar-refractivity contribution in [2.75, 3.05) is 0 Å². The van der Waals surface area contributed by atoms with Gasteiger partial charge < -0.3 is 0 Å². The molecule has 0 aromatic heterocycles. The molecule has 3 heteroatoms. The highest BCUT2D eigenvalue weighted by molar-refractivity contribution is 5.48. The molecule has 0 aliphatic heterocycles. The van der Waals surface area contributed by atoms with E-state index in [4.69, 9.17) is 0 Å². The summed E-state index contributed by atoms with van der Waals surface area (Å²) in [7, 11) is 0. The zero-order valence-corrected chi connectivity index (χ0v) is 9.54. The van der Waals surface area contributed by atoms with Crippen molar-refractivity contribution in [2.45, 2.75) is 40.0 Å². The highest BCUT2D eigenvalue weighted by atomic mass is 16.6. The summed E-state index contributed by atoms with van der Waals surface area (Å²) < 4.78 is 0. The number of nitro groups is 1. The zero-order chi connectivity index (χ0) is 11.4. The molecule has 1 aromatic carbocycles. The third-order valence-corrected chi connectivity index (χ3v) is 2.74. The highest BCUT2D eigenvalue weighted by Crippen LogP contribution is 2.26. The summed E-state index contributed by atoms with van der Waals surface area (Å²) in [6.07, 6.45) is 2.89. The van der Waals surface area contributed by atoms with Crippen LogP contribution in [0.25, 0.3) is 0 Å². The number of benzene rings is 1. The van der Waals surface area contributed by atoms with Crippen molar-refractivity contribution in [3.05, 3.63) is 38.9 Å². The molecule has 0 aliphatic carbocycles. The van der Waals surface area contributed by atoms with Crippen LogP contribution in [-0.2, 0) is 12.8 Å². The molecule has 0 unspecified atom stereocenters. The summed E-state index contributed by atoms with van der Waals surface area (Å²) in [5.41, 5.74) is 3.48. The zero-order valence-electron chi connectivity index (χ0n) is 9.54. The SMILES string of the molecule is CCCc1c(CC)ccc([N+](=O)[O-])c1C. The first-order chi connectivity index (χ1) is 7.11. The monoisotopic (exact) mass is 207 g/mol. The molecule has 0 spiro atoms. The van der Waals surface area contributed by atoms with E-state index in [0.717, 1.165) is 30.4 Å². The fourth-order valence-corrected chi connectivity index (χ4v) is 1.93. The van der Waals surface area contributed by atoms with Crippen molar-refractivity contribution in [1.29, 1.82) is 0 Å². The van der Waals surface area contributed by atoms with E-state index in [-0.39, 0.29) is 10.6 Å². The van der Waals surface area contributed by atoms with Crippen LogP contribution in [0.4, 0.5) is 5.69 Å². The van der Waals surface area contributed by atoms with Gasteiger partial charge in [-0.05, 0) is 30.9 Å². The Labute approximate surface area is 90.3 Å². The number of nitrogens with zero attached hydrogens (tertiary/aromatic N) is 1. The van der Waals surface area contributed by atoms with Crippen LogP contribution in [0.15, 0.2) is 12.1 Å². The fraction of sp³-hybridized carbons (Fsp3) is 0.500. The fourth-order valence-electron chi connectivity index (χ4n) is 1.93. The van der Waals surface area contributed by atoms with Gasteiger partial charge in [-0.3, -0.25) is 10.1 Å². The Kier molecular flexibility index (Phi) is 3.83. The number of hydrogen-bond acceptors (Lipinski definition) is 2. The maximum Gasteiger partial charge on any atom is 0.272 e. The van der Waals surface area contributed by atoms with Crippen molar-refractivity contribution in [3.8, 4) is 0 Å². The quantitative estimate of drug-likeness (QED) is 0.560. The van der Waals surface area contributed by atoms with Crippen molar-refractivity contribution in [2.24, 2.45) is 0 Å². The van der Waals surface area contributed by atoms with Crippen molar-refractivity contribution in [3.63, 3.8) is 0 Å². The Bertz CT molecular complexity index is 372. The summed E-state index contributed by atoms with van der Waals surface area (Å²) in [5, 5.41) is 10.8. The first kappa shape index (κ1) is 11.7. The van der Waals surface area contributed by atoms with Gasteiger partial charge in [0.05, 0.1) is 4.92 Å². The lowest BCUT2D eigenvalue weighted by atomic mass is 9.95. The molecule has 0 N–H and O–H groups in total. The van der Waals surface area contributed by atoms with E-state index in [2.05, 4.69) is 13.8 Å². The topological polar surface area (TPSA) is 43.1 Å². The van der Waals surface area contributed by atoms with Crippen LogP contribution >= 0.6 is 0 Å². The number of nitro benzene ring substituents is 1. The molecule has 0 radical (unpaired) electrons. The van der Waals surface area contributed by atoms with Gasteiger partial charge in [0.15, 0.2) is 0 Å². The second kappa shape index (κ2) is 4.91. The Hall–Kier alpha value is -1.38. The van der Waals surface area contributed by atoms with Crippen LogP contribution in [0.1, 0.15) is 37.0 Å². The highest BCUT2D eigenvalue weighted by Gasteiger charge is 2.15. The third-order valence-electron chi connectivity index (χ3n) is 2.74. The maximum atomic E-state index is 10.8. The van der Waals surface area contributed by atoms with Gasteiger partial charge in [-0.1, -0.05) is 26.3 Å². The van der Waals surface area contributed by atoms with Crippen LogP contribution in [0.5, 0.6) is 0 Å². The molecule has 0 heterocycles. The molecule has 82 valence electrons. The second-order valence-electron chi connectivity index (χ2n) is 3.71. The Morgan fingerprint density at radius 3 is 2.47 bits per heavy atom. The standard InChI is InChI=1S/C12H17NO2/c1-4-6-11-9(3)12(13(14)15)8-7-10(11)5-2/h7-8H,4-6H2,1-3H3.